The van der Waals surface area contributed by atoms with Crippen molar-refractivity contribution < 1.29 is 4.92 Å². The molecule has 0 aliphatic carbocycles. The van der Waals surface area contributed by atoms with Crippen molar-refractivity contribution in [2.24, 2.45) is 0 Å². The van der Waals surface area contributed by atoms with Crippen molar-refractivity contribution in [3.8, 4) is 0 Å². The van der Waals surface area contributed by atoms with Crippen LogP contribution in [0.2, 0.25) is 0 Å². The largest absolute Gasteiger partial charge is 0.361 e. The summed E-state index contributed by atoms with van der Waals surface area (Å²) in [6, 6.07) is 0.635. The summed E-state index contributed by atoms with van der Waals surface area (Å²) in [6.07, 6.45) is 1.88. The number of aryl methyl sites for hydroxylation is 1. The van der Waals surface area contributed by atoms with Crippen LogP contribution in [0.5, 0.6) is 0 Å². The number of nitrogens with one attached hydrogen (secondary N) is 2. The van der Waals surface area contributed by atoms with Crippen LogP contribution in [0, 0.1) is 17.0 Å². The monoisotopic (exact) mass is 294 g/mol. The van der Waals surface area contributed by atoms with Gasteiger partial charge in [-0.2, -0.15) is 4.98 Å². The Labute approximate surface area is 124 Å². The summed E-state index contributed by atoms with van der Waals surface area (Å²) in [7, 11) is 3.79. The highest BCUT2D eigenvalue weighted by Gasteiger charge is 2.27. The van der Waals surface area contributed by atoms with Gasteiger partial charge in [0, 0.05) is 25.7 Å². The number of hydrogen-bond acceptors (Lipinski definition) is 7. The van der Waals surface area contributed by atoms with Gasteiger partial charge >= 0.3 is 5.69 Å². The van der Waals surface area contributed by atoms with Gasteiger partial charge < -0.3 is 15.5 Å². The van der Waals surface area contributed by atoms with Crippen molar-refractivity contribution in [3.05, 3.63) is 15.8 Å². The van der Waals surface area contributed by atoms with Crippen LogP contribution in [-0.2, 0) is 0 Å². The van der Waals surface area contributed by atoms with E-state index in [-0.39, 0.29) is 11.7 Å². The minimum Gasteiger partial charge on any atom is -0.361 e. The molecule has 1 aromatic rings. The molecule has 21 heavy (non-hydrogen) atoms. The summed E-state index contributed by atoms with van der Waals surface area (Å²) in [5, 5.41) is 17.3. The molecule has 1 aliphatic rings. The van der Waals surface area contributed by atoms with E-state index in [0.29, 0.717) is 23.5 Å². The number of hydrogen-bond donors (Lipinski definition) is 2. The quantitative estimate of drug-likeness (QED) is 0.643. The van der Waals surface area contributed by atoms with E-state index < -0.39 is 4.92 Å². The minimum atomic E-state index is -0.421. The maximum Gasteiger partial charge on any atom is 0.332 e. The standard InChI is InChI=1S/C13H22N6O2/c1-8-7-10(5-6-18(8)4)16-12-11(19(20)21)9(2)15-13(14-3)17-12/h8,10H,5-7H2,1-4H3,(H2,14,15,16,17). The molecule has 1 aliphatic heterocycles. The highest BCUT2D eigenvalue weighted by Crippen LogP contribution is 2.29. The Kier molecular flexibility index (Phi) is 4.56. The van der Waals surface area contributed by atoms with Gasteiger partial charge in [-0.05, 0) is 33.7 Å². The van der Waals surface area contributed by atoms with E-state index >= 15 is 0 Å². The third-order valence-corrected chi connectivity index (χ3v) is 4.01. The molecule has 2 unspecified atom stereocenters. The fourth-order valence-corrected chi connectivity index (χ4v) is 2.61. The molecule has 116 valence electrons. The van der Waals surface area contributed by atoms with Gasteiger partial charge in [0.2, 0.25) is 11.8 Å². The maximum absolute atomic E-state index is 11.3. The number of piperidine rings is 1. The Morgan fingerprint density at radius 3 is 2.71 bits per heavy atom. The van der Waals surface area contributed by atoms with Gasteiger partial charge in [0.15, 0.2) is 0 Å². The second-order valence-electron chi connectivity index (χ2n) is 5.53. The smallest absolute Gasteiger partial charge is 0.332 e. The lowest BCUT2D eigenvalue weighted by Gasteiger charge is -2.35. The Morgan fingerprint density at radius 1 is 1.43 bits per heavy atom. The highest BCUT2D eigenvalue weighted by atomic mass is 16.6. The van der Waals surface area contributed by atoms with Crippen LogP contribution in [0.1, 0.15) is 25.5 Å². The second-order valence-corrected chi connectivity index (χ2v) is 5.53. The van der Waals surface area contributed by atoms with Crippen LogP contribution in [0.15, 0.2) is 0 Å². The van der Waals surface area contributed by atoms with Gasteiger partial charge in [-0.1, -0.05) is 0 Å². The molecule has 2 rings (SSSR count). The summed E-state index contributed by atoms with van der Waals surface area (Å²) in [4.78, 5) is 21.4. The van der Waals surface area contributed by atoms with Gasteiger partial charge in [0.25, 0.3) is 0 Å². The highest BCUT2D eigenvalue weighted by molar-refractivity contribution is 5.61. The topological polar surface area (TPSA) is 96.2 Å². The number of rotatable bonds is 4. The van der Waals surface area contributed by atoms with Crippen LogP contribution < -0.4 is 10.6 Å². The van der Waals surface area contributed by atoms with E-state index in [4.69, 9.17) is 0 Å². The number of anilines is 2. The molecule has 1 fully saturated rings. The van der Waals surface area contributed by atoms with E-state index in [1.807, 2.05) is 0 Å². The molecule has 0 bridgehead atoms. The number of nitro groups is 1. The molecule has 1 aromatic heterocycles. The molecule has 2 atom stereocenters. The van der Waals surface area contributed by atoms with Crippen LogP contribution >= 0.6 is 0 Å². The van der Waals surface area contributed by atoms with Crippen molar-refractivity contribution in [2.75, 3.05) is 31.3 Å². The van der Waals surface area contributed by atoms with Gasteiger partial charge in [-0.3, -0.25) is 10.1 Å². The third kappa shape index (κ3) is 3.38. The molecule has 2 N–H and O–H groups in total. The van der Waals surface area contributed by atoms with Crippen molar-refractivity contribution in [2.45, 2.75) is 38.8 Å². The van der Waals surface area contributed by atoms with Crippen LogP contribution in [0.3, 0.4) is 0 Å². The lowest BCUT2D eigenvalue weighted by Crippen LogP contribution is -2.42. The molecule has 0 spiro atoms. The van der Waals surface area contributed by atoms with Gasteiger partial charge in [0.05, 0.1) is 4.92 Å². The fraction of sp³-hybridized carbons (Fsp3) is 0.692. The number of likely N-dealkylation sites (tertiary alicyclic amines) is 1. The lowest BCUT2D eigenvalue weighted by molar-refractivity contribution is -0.385. The predicted octanol–water partition coefficient (Wildman–Crippen LogP) is 1.63. The minimum absolute atomic E-state index is 0.0411. The van der Waals surface area contributed by atoms with Crippen LogP contribution in [-0.4, -0.2) is 52.5 Å². The van der Waals surface area contributed by atoms with E-state index in [0.717, 1.165) is 19.4 Å². The summed E-state index contributed by atoms with van der Waals surface area (Å²) in [5.41, 5.74) is 0.323. The first-order chi connectivity index (χ1) is 9.92. The number of nitrogens with zero attached hydrogens (tertiary/aromatic N) is 4. The summed E-state index contributed by atoms with van der Waals surface area (Å²) >= 11 is 0. The van der Waals surface area contributed by atoms with Crippen molar-refractivity contribution in [3.63, 3.8) is 0 Å². The second kappa shape index (κ2) is 6.21. The lowest BCUT2D eigenvalue weighted by atomic mass is 9.99. The van der Waals surface area contributed by atoms with Gasteiger partial charge in [-0.25, -0.2) is 4.98 Å². The Morgan fingerprint density at radius 2 is 2.14 bits per heavy atom. The average molecular weight is 294 g/mol. The van der Waals surface area contributed by atoms with Crippen molar-refractivity contribution >= 4 is 17.5 Å². The van der Waals surface area contributed by atoms with E-state index in [2.05, 4.69) is 39.5 Å². The van der Waals surface area contributed by atoms with Crippen LogP contribution in [0.25, 0.3) is 0 Å². The first-order valence-electron chi connectivity index (χ1n) is 7.10. The van der Waals surface area contributed by atoms with Crippen LogP contribution in [0.4, 0.5) is 17.5 Å². The van der Waals surface area contributed by atoms with Crippen molar-refractivity contribution in [1.82, 2.24) is 14.9 Å². The third-order valence-electron chi connectivity index (χ3n) is 4.01. The molecule has 0 aromatic carbocycles. The predicted molar refractivity (Wildman–Crippen MR) is 81.7 cm³/mol. The molecule has 8 nitrogen and oxygen atoms in total. The zero-order valence-corrected chi connectivity index (χ0v) is 12.9. The van der Waals surface area contributed by atoms with E-state index in [9.17, 15) is 10.1 Å². The SMILES string of the molecule is CNc1nc(C)c([N+](=O)[O-])c(NC2CCN(C)C(C)C2)n1. The first kappa shape index (κ1) is 15.4. The normalized spacial score (nSPS) is 22.9. The fourth-order valence-electron chi connectivity index (χ4n) is 2.61. The maximum atomic E-state index is 11.3. The number of aromatic nitrogens is 2. The molecular weight excluding hydrogens is 272 g/mol. The Balaban J connectivity index is 2.26. The van der Waals surface area contributed by atoms with Gasteiger partial charge in [0.1, 0.15) is 5.69 Å². The zero-order chi connectivity index (χ0) is 15.6. The molecular formula is C13H22N6O2. The molecule has 0 saturated carbocycles. The van der Waals surface area contributed by atoms with E-state index in [1.165, 1.54) is 0 Å². The molecule has 2 heterocycles. The average Bonchev–Trinajstić information content (AvgIpc) is 2.41. The molecule has 0 amide bonds. The summed E-state index contributed by atoms with van der Waals surface area (Å²) in [6.45, 7) is 4.76. The van der Waals surface area contributed by atoms with Crippen molar-refractivity contribution in [1.29, 1.82) is 0 Å². The summed E-state index contributed by atoms with van der Waals surface area (Å²) < 4.78 is 0. The zero-order valence-electron chi connectivity index (χ0n) is 12.9. The first-order valence-corrected chi connectivity index (χ1v) is 7.10. The molecule has 1 saturated heterocycles. The van der Waals surface area contributed by atoms with E-state index in [1.54, 1.807) is 14.0 Å². The molecule has 0 radical (unpaired) electrons. The summed E-state index contributed by atoms with van der Waals surface area (Å²) in [5.74, 6) is 0.695. The van der Waals surface area contributed by atoms with Gasteiger partial charge in [-0.15, -0.1) is 0 Å². The molecule has 8 heteroatoms. The Hall–Kier alpha value is -1.96. The Bertz CT molecular complexity index is 536.